The van der Waals surface area contributed by atoms with Crippen molar-refractivity contribution in [2.75, 3.05) is 36.4 Å². The minimum atomic E-state index is -0.190. The summed E-state index contributed by atoms with van der Waals surface area (Å²) in [6.45, 7) is 5.95. The molecule has 2 aromatic heterocycles. The average Bonchev–Trinajstić information content (AvgIpc) is 3.39. The van der Waals surface area contributed by atoms with Gasteiger partial charge in [0.1, 0.15) is 11.4 Å². The van der Waals surface area contributed by atoms with Crippen molar-refractivity contribution in [3.8, 4) is 0 Å². The maximum Gasteiger partial charge on any atom is 0.261 e. The van der Waals surface area contributed by atoms with E-state index in [1.807, 2.05) is 43.5 Å². The molecule has 1 saturated carbocycles. The Bertz CT molecular complexity index is 1040. The molecule has 144 valence electrons. The number of carbonyl (C=O) groups is 1. The van der Waals surface area contributed by atoms with Crippen molar-refractivity contribution in [1.82, 2.24) is 19.9 Å². The van der Waals surface area contributed by atoms with Crippen LogP contribution in [0.25, 0.3) is 5.65 Å². The zero-order chi connectivity index (χ0) is 19.1. The molecule has 0 unspecified atom stereocenters. The monoisotopic (exact) mass is 376 g/mol. The van der Waals surface area contributed by atoms with Crippen LogP contribution in [0.4, 0.5) is 11.5 Å². The lowest BCUT2D eigenvalue weighted by atomic mass is 10.1. The molecule has 1 aliphatic carbocycles. The Morgan fingerprint density at radius 3 is 2.93 bits per heavy atom. The number of fused-ring (bicyclic) bond motifs is 1. The number of para-hydroxylation sites is 1. The van der Waals surface area contributed by atoms with Gasteiger partial charge in [0, 0.05) is 43.5 Å². The van der Waals surface area contributed by atoms with Gasteiger partial charge in [-0.2, -0.15) is 5.10 Å². The highest BCUT2D eigenvalue weighted by Crippen LogP contribution is 2.46. The van der Waals surface area contributed by atoms with Crippen molar-refractivity contribution >= 4 is 23.1 Å². The van der Waals surface area contributed by atoms with Crippen LogP contribution in [-0.4, -0.2) is 46.7 Å². The summed E-state index contributed by atoms with van der Waals surface area (Å²) >= 11 is 0. The van der Waals surface area contributed by atoms with E-state index in [0.29, 0.717) is 16.6 Å². The third-order valence-corrected chi connectivity index (χ3v) is 5.86. The van der Waals surface area contributed by atoms with Gasteiger partial charge in [0.2, 0.25) is 0 Å². The van der Waals surface area contributed by atoms with E-state index < -0.39 is 0 Å². The lowest BCUT2D eigenvalue weighted by Crippen LogP contribution is -2.31. The zero-order valence-electron chi connectivity index (χ0n) is 16.0. The first kappa shape index (κ1) is 17.2. The molecule has 7 nitrogen and oxygen atoms in total. The van der Waals surface area contributed by atoms with Crippen LogP contribution in [0.2, 0.25) is 0 Å². The maximum absolute atomic E-state index is 12.9. The number of hydrogen-bond acceptors (Lipinski definition) is 5. The zero-order valence-corrected chi connectivity index (χ0v) is 16.0. The van der Waals surface area contributed by atoms with E-state index in [1.54, 1.807) is 10.7 Å². The molecule has 0 bridgehead atoms. The second-order valence-electron chi connectivity index (χ2n) is 7.98. The van der Waals surface area contributed by atoms with Crippen molar-refractivity contribution in [2.24, 2.45) is 5.41 Å². The normalized spacial score (nSPS) is 18.2. The fourth-order valence-corrected chi connectivity index (χ4v) is 3.91. The van der Waals surface area contributed by atoms with Crippen molar-refractivity contribution in [3.63, 3.8) is 0 Å². The van der Waals surface area contributed by atoms with E-state index in [2.05, 4.69) is 20.6 Å². The van der Waals surface area contributed by atoms with E-state index in [1.165, 1.54) is 12.8 Å². The summed E-state index contributed by atoms with van der Waals surface area (Å²) < 4.78 is 1.67. The van der Waals surface area contributed by atoms with Crippen molar-refractivity contribution in [1.29, 1.82) is 0 Å². The summed E-state index contributed by atoms with van der Waals surface area (Å²) in [4.78, 5) is 20.0. The second-order valence-corrected chi connectivity index (χ2v) is 7.98. The molecule has 3 aromatic rings. The van der Waals surface area contributed by atoms with Gasteiger partial charge in [-0.15, -0.1) is 0 Å². The number of nitrogens with zero attached hydrogens (tertiary/aromatic N) is 4. The van der Waals surface area contributed by atoms with Crippen molar-refractivity contribution in [3.05, 3.63) is 53.9 Å². The van der Waals surface area contributed by atoms with Crippen LogP contribution >= 0.6 is 0 Å². The molecule has 1 amide bonds. The van der Waals surface area contributed by atoms with Gasteiger partial charge < -0.3 is 15.5 Å². The molecule has 1 aromatic carbocycles. The van der Waals surface area contributed by atoms with E-state index in [0.717, 1.165) is 43.2 Å². The molecule has 1 saturated heterocycles. The Balaban J connectivity index is 1.45. The predicted molar refractivity (Wildman–Crippen MR) is 109 cm³/mol. The Morgan fingerprint density at radius 2 is 2.11 bits per heavy atom. The third kappa shape index (κ3) is 3.11. The van der Waals surface area contributed by atoms with E-state index in [-0.39, 0.29) is 5.91 Å². The van der Waals surface area contributed by atoms with Gasteiger partial charge >= 0.3 is 0 Å². The first-order valence-electron chi connectivity index (χ1n) is 9.81. The van der Waals surface area contributed by atoms with Gasteiger partial charge in [-0.25, -0.2) is 9.50 Å². The number of hydrogen-bond donors (Lipinski definition) is 2. The summed E-state index contributed by atoms with van der Waals surface area (Å²) in [5.41, 5.74) is 3.30. The van der Waals surface area contributed by atoms with Crippen LogP contribution in [0, 0.1) is 12.3 Å². The summed E-state index contributed by atoms with van der Waals surface area (Å²) in [6, 6.07) is 9.73. The number of aromatic nitrogens is 3. The Morgan fingerprint density at radius 1 is 1.25 bits per heavy atom. The van der Waals surface area contributed by atoms with Crippen LogP contribution in [0.15, 0.2) is 42.7 Å². The van der Waals surface area contributed by atoms with Gasteiger partial charge in [0.25, 0.3) is 5.91 Å². The van der Waals surface area contributed by atoms with E-state index >= 15 is 0 Å². The Labute approximate surface area is 163 Å². The molecule has 28 heavy (non-hydrogen) atoms. The Hall–Kier alpha value is -2.93. The van der Waals surface area contributed by atoms with Crippen molar-refractivity contribution < 1.29 is 4.79 Å². The molecule has 5 rings (SSSR count). The van der Waals surface area contributed by atoms with Gasteiger partial charge in [0.05, 0.1) is 6.20 Å². The number of anilines is 2. The molecule has 3 heterocycles. The fourth-order valence-electron chi connectivity index (χ4n) is 3.91. The Kier molecular flexibility index (Phi) is 4.05. The molecule has 2 fully saturated rings. The SMILES string of the molecule is Cc1ccccc1NC(=O)c1cnn2ccc(N3CCNCC4(CC4)C3)nc12. The third-order valence-electron chi connectivity index (χ3n) is 5.86. The van der Waals surface area contributed by atoms with Crippen LogP contribution in [0.1, 0.15) is 28.8 Å². The minimum absolute atomic E-state index is 0.190. The average molecular weight is 376 g/mol. The van der Waals surface area contributed by atoms with Gasteiger partial charge in [-0.3, -0.25) is 4.79 Å². The van der Waals surface area contributed by atoms with Gasteiger partial charge in [-0.05, 0) is 37.5 Å². The predicted octanol–water partition coefficient (Wildman–Crippen LogP) is 2.48. The summed E-state index contributed by atoms with van der Waals surface area (Å²) in [7, 11) is 0. The second kappa shape index (κ2) is 6.60. The number of rotatable bonds is 3. The number of aryl methyl sites for hydroxylation is 1. The van der Waals surface area contributed by atoms with E-state index in [9.17, 15) is 4.79 Å². The van der Waals surface area contributed by atoms with Crippen molar-refractivity contribution in [2.45, 2.75) is 19.8 Å². The van der Waals surface area contributed by atoms with Gasteiger partial charge in [-0.1, -0.05) is 18.2 Å². The standard InChI is InChI=1S/C21H24N6O/c1-15-4-2-3-5-17(15)24-20(28)16-12-23-27-10-6-18(25-19(16)27)26-11-9-22-13-21(14-26)7-8-21/h2-6,10,12,22H,7-9,11,13-14H2,1H3,(H,24,28). The molecule has 0 radical (unpaired) electrons. The number of carbonyl (C=O) groups excluding carboxylic acids is 1. The maximum atomic E-state index is 12.9. The summed E-state index contributed by atoms with van der Waals surface area (Å²) in [5.74, 6) is 0.720. The largest absolute Gasteiger partial charge is 0.355 e. The highest BCUT2D eigenvalue weighted by molar-refractivity contribution is 6.08. The number of benzene rings is 1. The quantitative estimate of drug-likeness (QED) is 0.735. The molecular formula is C21H24N6O. The summed E-state index contributed by atoms with van der Waals surface area (Å²) in [6.07, 6.45) is 6.03. The minimum Gasteiger partial charge on any atom is -0.355 e. The lowest BCUT2D eigenvalue weighted by molar-refractivity contribution is 0.102. The van der Waals surface area contributed by atoms with E-state index in [4.69, 9.17) is 4.98 Å². The smallest absolute Gasteiger partial charge is 0.261 e. The van der Waals surface area contributed by atoms with Crippen LogP contribution in [-0.2, 0) is 0 Å². The van der Waals surface area contributed by atoms with Crippen LogP contribution < -0.4 is 15.5 Å². The first-order valence-corrected chi connectivity index (χ1v) is 9.81. The fraction of sp³-hybridized carbons (Fsp3) is 0.381. The highest BCUT2D eigenvalue weighted by Gasteiger charge is 2.44. The van der Waals surface area contributed by atoms with Crippen LogP contribution in [0.3, 0.4) is 0 Å². The number of nitrogens with one attached hydrogen (secondary N) is 2. The summed E-state index contributed by atoms with van der Waals surface area (Å²) in [5, 5.41) is 10.8. The molecule has 2 N–H and O–H groups in total. The topological polar surface area (TPSA) is 74.6 Å². The molecule has 2 aliphatic rings. The molecule has 7 heteroatoms. The molecule has 1 spiro atoms. The first-order chi connectivity index (χ1) is 13.6. The van der Waals surface area contributed by atoms with Gasteiger partial charge in [0.15, 0.2) is 5.65 Å². The molecule has 1 aliphatic heterocycles. The highest BCUT2D eigenvalue weighted by atomic mass is 16.1. The molecule has 0 atom stereocenters. The molecular weight excluding hydrogens is 352 g/mol. The lowest BCUT2D eigenvalue weighted by Gasteiger charge is -2.24. The number of amides is 1. The van der Waals surface area contributed by atoms with Crippen LogP contribution in [0.5, 0.6) is 0 Å².